The van der Waals surface area contributed by atoms with Gasteiger partial charge in [0.2, 0.25) is 5.91 Å². The van der Waals surface area contributed by atoms with Crippen LogP contribution in [0.4, 0.5) is 17.1 Å². The maximum absolute atomic E-state index is 14.0. The molecule has 0 spiro atoms. The predicted octanol–water partition coefficient (Wildman–Crippen LogP) is 4.81. The Hall–Kier alpha value is -3.99. The van der Waals surface area contributed by atoms with Gasteiger partial charge in [0.1, 0.15) is 5.75 Å². The number of aliphatic hydroxyl groups excluding tert-OH is 1. The molecule has 3 aromatic rings. The zero-order valence-corrected chi connectivity index (χ0v) is 25.9. The van der Waals surface area contributed by atoms with Crippen molar-refractivity contribution < 1.29 is 29.3 Å². The second-order valence-electron chi connectivity index (χ2n) is 11.5. The molecule has 0 radical (unpaired) electrons. The van der Waals surface area contributed by atoms with E-state index in [1.807, 2.05) is 60.7 Å². The van der Waals surface area contributed by atoms with Crippen LogP contribution in [0.25, 0.3) is 0 Å². The Kier molecular flexibility index (Phi) is 8.32. The van der Waals surface area contributed by atoms with Gasteiger partial charge < -0.3 is 24.7 Å². The number of rotatable bonds is 8. The molecule has 9 nitrogen and oxygen atoms in total. The van der Waals surface area contributed by atoms with E-state index >= 15 is 0 Å². The molecule has 0 saturated carbocycles. The monoisotopic (exact) mass is 659 g/mol. The van der Waals surface area contributed by atoms with Crippen molar-refractivity contribution in [2.24, 2.45) is 5.92 Å². The second-order valence-corrected chi connectivity index (χ2v) is 12.4. The number of nitrogens with zero attached hydrogens (tertiary/aromatic N) is 3. The molecular weight excluding hydrogens is 626 g/mol. The summed E-state index contributed by atoms with van der Waals surface area (Å²) in [6, 6.07) is 20.1. The smallest absolute Gasteiger partial charge is 0.269 e. The summed E-state index contributed by atoms with van der Waals surface area (Å²) in [6.45, 7) is 2.52. The molecule has 3 aliphatic heterocycles. The minimum absolute atomic E-state index is 0.0474. The standard InChI is InChI=1S/C34H34BrN3O6/c1-22(6-4-10-31(40)36-17-5-7-26(36)20-39)34(43)27-18-24(35)13-16-28(27)37(33(34)42)19-23-11-14-25(15-12-23)38-29-8-2-3-9-30(29)44-21-32(38)41/h2-4,6,8-9,11-16,18,22,26,39,43H,5,7,10,17,19-21H2,1H3/b6-4+/t22-,26+,34+/m1/s1. The number of carbonyl (C=O) groups excluding carboxylic acids is 3. The third-order valence-electron chi connectivity index (χ3n) is 8.76. The van der Waals surface area contributed by atoms with Gasteiger partial charge in [-0.3, -0.25) is 19.3 Å². The number of hydrogen-bond donors (Lipinski definition) is 2. The van der Waals surface area contributed by atoms with E-state index in [1.54, 1.807) is 39.8 Å². The molecule has 3 aliphatic rings. The number of hydrogen-bond acceptors (Lipinski definition) is 6. The molecular formula is C34H34BrN3O6. The molecule has 1 saturated heterocycles. The predicted molar refractivity (Wildman–Crippen MR) is 169 cm³/mol. The summed E-state index contributed by atoms with van der Waals surface area (Å²) in [5.41, 5.74) is 1.47. The van der Waals surface area contributed by atoms with Crippen molar-refractivity contribution >= 4 is 50.7 Å². The highest BCUT2D eigenvalue weighted by Gasteiger charge is 2.52. The number of likely N-dealkylation sites (tertiary alicyclic amines) is 1. The fourth-order valence-electron chi connectivity index (χ4n) is 6.38. The van der Waals surface area contributed by atoms with E-state index in [0.717, 1.165) is 22.9 Å². The molecule has 0 aromatic heterocycles. The number of carbonyl (C=O) groups is 3. The fourth-order valence-corrected chi connectivity index (χ4v) is 6.74. The van der Waals surface area contributed by atoms with Crippen LogP contribution in [0.3, 0.4) is 0 Å². The van der Waals surface area contributed by atoms with Gasteiger partial charge in [-0.25, -0.2) is 0 Å². The van der Waals surface area contributed by atoms with Crippen LogP contribution in [-0.2, 0) is 26.5 Å². The molecule has 3 atom stereocenters. The molecule has 2 N–H and O–H groups in total. The molecule has 228 valence electrons. The third-order valence-corrected chi connectivity index (χ3v) is 9.25. The first-order valence-electron chi connectivity index (χ1n) is 14.8. The van der Waals surface area contributed by atoms with Crippen molar-refractivity contribution in [3.05, 3.63) is 94.5 Å². The molecule has 44 heavy (non-hydrogen) atoms. The van der Waals surface area contributed by atoms with Gasteiger partial charge in [-0.15, -0.1) is 0 Å². The van der Waals surface area contributed by atoms with E-state index in [2.05, 4.69) is 15.9 Å². The Balaban J connectivity index is 1.21. The van der Waals surface area contributed by atoms with Gasteiger partial charge in [-0.05, 0) is 60.9 Å². The lowest BCUT2D eigenvalue weighted by atomic mass is 9.83. The number of ether oxygens (including phenoxy) is 1. The maximum atomic E-state index is 14.0. The largest absolute Gasteiger partial charge is 0.482 e. The Morgan fingerprint density at radius 3 is 2.66 bits per heavy atom. The molecule has 6 rings (SSSR count). The van der Waals surface area contributed by atoms with Crippen LogP contribution >= 0.6 is 15.9 Å². The first-order chi connectivity index (χ1) is 21.2. The third kappa shape index (κ3) is 5.31. The van der Waals surface area contributed by atoms with Crippen molar-refractivity contribution in [3.63, 3.8) is 0 Å². The summed E-state index contributed by atoms with van der Waals surface area (Å²) in [7, 11) is 0. The number of fused-ring (bicyclic) bond motifs is 2. The molecule has 0 bridgehead atoms. The van der Waals surface area contributed by atoms with Gasteiger partial charge in [0.25, 0.3) is 11.8 Å². The summed E-state index contributed by atoms with van der Waals surface area (Å²) < 4.78 is 6.30. The summed E-state index contributed by atoms with van der Waals surface area (Å²) in [4.78, 5) is 44.4. The SMILES string of the molecule is C[C@H](/C=C/CC(=O)N1CCC[C@H]1CO)[C@@]1(O)C(=O)N(Cc2ccc(N3C(=O)COc4ccccc43)cc2)c2ccc(Br)cc21. The highest BCUT2D eigenvalue weighted by atomic mass is 79.9. The van der Waals surface area contributed by atoms with Gasteiger partial charge in [-0.1, -0.05) is 59.3 Å². The number of anilines is 3. The molecule has 0 unspecified atom stereocenters. The molecule has 10 heteroatoms. The van der Waals surface area contributed by atoms with Gasteiger partial charge in [-0.2, -0.15) is 0 Å². The van der Waals surface area contributed by atoms with E-state index in [4.69, 9.17) is 4.74 Å². The highest BCUT2D eigenvalue weighted by molar-refractivity contribution is 9.10. The first-order valence-corrected chi connectivity index (χ1v) is 15.6. The van der Waals surface area contributed by atoms with Crippen LogP contribution in [0.5, 0.6) is 5.75 Å². The summed E-state index contributed by atoms with van der Waals surface area (Å²) in [5.74, 6) is -0.685. The molecule has 0 aliphatic carbocycles. The van der Waals surface area contributed by atoms with E-state index in [-0.39, 0.29) is 44.0 Å². The minimum atomic E-state index is -1.83. The van der Waals surface area contributed by atoms with E-state index in [0.29, 0.717) is 34.9 Å². The van der Waals surface area contributed by atoms with Crippen molar-refractivity contribution in [3.8, 4) is 5.75 Å². The first kappa shape index (κ1) is 30.1. The maximum Gasteiger partial charge on any atom is 0.269 e. The normalized spacial score (nSPS) is 21.9. The van der Waals surface area contributed by atoms with Crippen molar-refractivity contribution in [1.29, 1.82) is 0 Å². The van der Waals surface area contributed by atoms with Crippen LogP contribution in [0.1, 0.15) is 37.3 Å². The second kappa shape index (κ2) is 12.2. The van der Waals surface area contributed by atoms with E-state index in [9.17, 15) is 24.6 Å². The zero-order chi connectivity index (χ0) is 31.0. The molecule has 1 fully saturated rings. The van der Waals surface area contributed by atoms with Crippen molar-refractivity contribution in [1.82, 2.24) is 4.90 Å². The summed E-state index contributed by atoms with van der Waals surface area (Å²) in [6.07, 6.45) is 5.22. The van der Waals surface area contributed by atoms with Crippen LogP contribution in [0.2, 0.25) is 0 Å². The number of halogens is 1. The van der Waals surface area contributed by atoms with Gasteiger partial charge >= 0.3 is 0 Å². The van der Waals surface area contributed by atoms with E-state index < -0.39 is 17.4 Å². The minimum Gasteiger partial charge on any atom is -0.482 e. The van der Waals surface area contributed by atoms with Crippen LogP contribution in [0, 0.1) is 5.92 Å². The van der Waals surface area contributed by atoms with Crippen LogP contribution in [-0.4, -0.2) is 58.6 Å². The fraction of sp³-hybridized carbons (Fsp3) is 0.324. The molecule has 3 amide bonds. The number of aliphatic hydroxyl groups is 2. The topological polar surface area (TPSA) is 111 Å². The number of para-hydroxylation sites is 2. The molecule has 3 aromatic carbocycles. The summed E-state index contributed by atoms with van der Waals surface area (Å²) >= 11 is 3.49. The Labute approximate surface area is 264 Å². The van der Waals surface area contributed by atoms with Gasteiger partial charge in [0.05, 0.1) is 30.6 Å². The van der Waals surface area contributed by atoms with Gasteiger partial charge in [0, 0.05) is 34.6 Å². The Morgan fingerprint density at radius 2 is 1.89 bits per heavy atom. The number of amides is 3. The lowest BCUT2D eigenvalue weighted by molar-refractivity contribution is -0.139. The van der Waals surface area contributed by atoms with Crippen molar-refractivity contribution in [2.75, 3.05) is 29.6 Å². The lowest BCUT2D eigenvalue weighted by Crippen LogP contribution is -2.44. The van der Waals surface area contributed by atoms with Crippen LogP contribution < -0.4 is 14.5 Å². The Morgan fingerprint density at radius 1 is 1.11 bits per heavy atom. The highest BCUT2D eigenvalue weighted by Crippen LogP contribution is 2.47. The average Bonchev–Trinajstić information content (AvgIpc) is 3.59. The van der Waals surface area contributed by atoms with E-state index in [1.165, 1.54) is 0 Å². The number of benzene rings is 3. The summed E-state index contributed by atoms with van der Waals surface area (Å²) in [5, 5.41) is 21.6. The van der Waals surface area contributed by atoms with Crippen LogP contribution in [0.15, 0.2) is 83.4 Å². The lowest BCUT2D eigenvalue weighted by Gasteiger charge is -2.29. The zero-order valence-electron chi connectivity index (χ0n) is 24.4. The van der Waals surface area contributed by atoms with Gasteiger partial charge in [0.15, 0.2) is 12.2 Å². The quantitative estimate of drug-likeness (QED) is 0.336. The van der Waals surface area contributed by atoms with Crippen molar-refractivity contribution in [2.45, 2.75) is 44.4 Å². The Bertz CT molecular complexity index is 1630. The average molecular weight is 661 g/mol. The molecule has 3 heterocycles.